The van der Waals surface area contributed by atoms with E-state index < -0.39 is 30.2 Å². The Labute approximate surface area is 116 Å². The summed E-state index contributed by atoms with van der Waals surface area (Å²) in [5.74, 6) is -0.962. The molecule has 1 unspecified atom stereocenters. The van der Waals surface area contributed by atoms with Crippen LogP contribution in [0.15, 0.2) is 23.3 Å². The minimum absolute atomic E-state index is 0.112. The van der Waals surface area contributed by atoms with E-state index in [1.165, 1.54) is 14.0 Å². The molecule has 2 amide bonds. The molecule has 0 aromatic heterocycles. The first kappa shape index (κ1) is 14.8. The molecule has 4 nitrogen and oxygen atoms in total. The number of nitrogens with zero attached hydrogens (tertiary/aromatic N) is 1. The van der Waals surface area contributed by atoms with Crippen molar-refractivity contribution in [2.45, 2.75) is 38.2 Å². The third kappa shape index (κ3) is 2.40. The van der Waals surface area contributed by atoms with E-state index in [0.29, 0.717) is 24.0 Å². The van der Waals surface area contributed by atoms with Crippen molar-refractivity contribution in [2.24, 2.45) is 0 Å². The lowest BCUT2D eigenvalue weighted by Crippen LogP contribution is -2.54. The Morgan fingerprint density at radius 3 is 2.65 bits per heavy atom. The number of rotatable bonds is 5. The maximum absolute atomic E-state index is 12.8. The number of hydrogen-bond donors (Lipinski definition) is 0. The van der Waals surface area contributed by atoms with Gasteiger partial charge in [-0.15, -0.1) is 0 Å². The van der Waals surface area contributed by atoms with Gasteiger partial charge in [-0.1, -0.05) is 12.2 Å². The third-order valence-electron chi connectivity index (χ3n) is 3.65. The molecular weight excluding hydrogens is 268 g/mol. The van der Waals surface area contributed by atoms with Gasteiger partial charge < -0.3 is 4.74 Å². The number of hydrogen-bond acceptors (Lipinski definition) is 3. The Balaban J connectivity index is 2.34. The quantitative estimate of drug-likeness (QED) is 0.726. The van der Waals surface area contributed by atoms with Gasteiger partial charge in [0.2, 0.25) is 6.43 Å². The van der Waals surface area contributed by atoms with Crippen molar-refractivity contribution in [1.29, 1.82) is 0 Å². The molecule has 2 rings (SSSR count). The normalized spacial score (nSPS) is 21.8. The van der Waals surface area contributed by atoms with Crippen LogP contribution >= 0.6 is 0 Å². The van der Waals surface area contributed by atoms with Gasteiger partial charge in [0.05, 0.1) is 12.1 Å². The number of imide groups is 1. The fourth-order valence-corrected chi connectivity index (χ4v) is 2.78. The Morgan fingerprint density at radius 2 is 2.10 bits per heavy atom. The zero-order valence-electron chi connectivity index (χ0n) is 11.5. The molecule has 0 aromatic carbocycles. The predicted molar refractivity (Wildman–Crippen MR) is 68.2 cm³/mol. The number of halogens is 2. The lowest BCUT2D eigenvalue weighted by molar-refractivity contribution is -0.148. The summed E-state index contributed by atoms with van der Waals surface area (Å²) >= 11 is 0. The number of alkyl halides is 2. The van der Waals surface area contributed by atoms with Gasteiger partial charge >= 0.3 is 0 Å². The number of amides is 2. The molecule has 0 saturated heterocycles. The first-order valence-corrected chi connectivity index (χ1v) is 6.46. The van der Waals surface area contributed by atoms with Gasteiger partial charge in [0.1, 0.15) is 0 Å². The summed E-state index contributed by atoms with van der Waals surface area (Å²) in [6.45, 7) is 1.35. The van der Waals surface area contributed by atoms with Crippen LogP contribution in [0, 0.1) is 0 Å². The van der Waals surface area contributed by atoms with Gasteiger partial charge in [0.15, 0.2) is 0 Å². The molecule has 0 fully saturated rings. The van der Waals surface area contributed by atoms with Gasteiger partial charge in [0, 0.05) is 24.7 Å². The zero-order chi connectivity index (χ0) is 14.9. The zero-order valence-corrected chi connectivity index (χ0v) is 11.5. The lowest BCUT2D eigenvalue weighted by Gasteiger charge is -2.37. The van der Waals surface area contributed by atoms with E-state index in [2.05, 4.69) is 0 Å². The molecule has 110 valence electrons. The Bertz CT molecular complexity index is 499. The average Bonchev–Trinajstić information content (AvgIpc) is 2.62. The van der Waals surface area contributed by atoms with Crippen LogP contribution in [0.2, 0.25) is 0 Å². The van der Waals surface area contributed by atoms with E-state index in [9.17, 15) is 18.4 Å². The SMILES string of the molecule is COCC(C)(CC(F)F)N1C(=O)C2=C(CCC=C2)C1=O. The third-order valence-corrected chi connectivity index (χ3v) is 3.65. The highest BCUT2D eigenvalue weighted by Crippen LogP contribution is 2.36. The second-order valence-electron chi connectivity index (χ2n) is 5.30. The summed E-state index contributed by atoms with van der Waals surface area (Å²) in [5.41, 5.74) is -0.575. The molecule has 2 aliphatic rings. The van der Waals surface area contributed by atoms with Gasteiger partial charge in [-0.2, -0.15) is 0 Å². The first-order chi connectivity index (χ1) is 9.40. The highest BCUT2D eigenvalue weighted by molar-refractivity contribution is 6.21. The molecule has 20 heavy (non-hydrogen) atoms. The van der Waals surface area contributed by atoms with Crippen LogP contribution in [0.1, 0.15) is 26.2 Å². The molecule has 1 heterocycles. The van der Waals surface area contributed by atoms with Crippen molar-refractivity contribution in [2.75, 3.05) is 13.7 Å². The van der Waals surface area contributed by atoms with E-state index in [-0.39, 0.29) is 6.61 Å². The van der Waals surface area contributed by atoms with Crippen molar-refractivity contribution >= 4 is 11.8 Å². The first-order valence-electron chi connectivity index (χ1n) is 6.46. The smallest absolute Gasteiger partial charge is 0.261 e. The summed E-state index contributed by atoms with van der Waals surface area (Å²) in [5, 5.41) is 0. The Hall–Kier alpha value is -1.56. The molecule has 1 atom stereocenters. The summed E-state index contributed by atoms with van der Waals surface area (Å²) in [6, 6.07) is 0. The van der Waals surface area contributed by atoms with Crippen molar-refractivity contribution in [3.8, 4) is 0 Å². The van der Waals surface area contributed by atoms with Crippen molar-refractivity contribution < 1.29 is 23.1 Å². The van der Waals surface area contributed by atoms with Crippen molar-refractivity contribution in [1.82, 2.24) is 4.90 Å². The maximum Gasteiger partial charge on any atom is 0.261 e. The largest absolute Gasteiger partial charge is 0.382 e. The molecule has 0 saturated carbocycles. The highest BCUT2D eigenvalue weighted by Gasteiger charge is 2.48. The molecular formula is C14H17F2NO3. The van der Waals surface area contributed by atoms with E-state index in [4.69, 9.17) is 4.74 Å². The van der Waals surface area contributed by atoms with Gasteiger partial charge in [0.25, 0.3) is 11.8 Å². The van der Waals surface area contributed by atoms with Crippen LogP contribution in [-0.4, -0.2) is 42.4 Å². The molecule has 0 radical (unpaired) electrons. The topological polar surface area (TPSA) is 46.6 Å². The standard InChI is InChI=1S/C14H17F2NO3/c1-14(8-20-2,7-11(15)16)17-12(18)9-5-3-4-6-10(9)13(17)19/h3,5,11H,4,6-8H2,1-2H3. The summed E-state index contributed by atoms with van der Waals surface area (Å²) in [6.07, 6.45) is 1.36. The van der Waals surface area contributed by atoms with Crippen molar-refractivity contribution in [3.63, 3.8) is 0 Å². The Morgan fingerprint density at radius 1 is 1.40 bits per heavy atom. The van der Waals surface area contributed by atoms with Crippen molar-refractivity contribution in [3.05, 3.63) is 23.3 Å². The van der Waals surface area contributed by atoms with E-state index in [0.717, 1.165) is 4.90 Å². The number of ether oxygens (including phenoxy) is 1. The number of methoxy groups -OCH3 is 1. The van der Waals surface area contributed by atoms with E-state index in [1.807, 2.05) is 6.08 Å². The van der Waals surface area contributed by atoms with Crippen LogP contribution in [-0.2, 0) is 14.3 Å². The average molecular weight is 285 g/mol. The summed E-state index contributed by atoms with van der Waals surface area (Å²) in [7, 11) is 1.36. The maximum atomic E-state index is 12.8. The Kier molecular flexibility index (Phi) is 4.04. The monoisotopic (exact) mass is 285 g/mol. The van der Waals surface area contributed by atoms with Crippen LogP contribution in [0.4, 0.5) is 8.78 Å². The minimum Gasteiger partial charge on any atom is -0.382 e. The molecule has 6 heteroatoms. The lowest BCUT2D eigenvalue weighted by atomic mass is 9.96. The molecule has 1 aliphatic heterocycles. The molecule has 0 bridgehead atoms. The van der Waals surface area contributed by atoms with Crippen LogP contribution < -0.4 is 0 Å². The fraction of sp³-hybridized carbons (Fsp3) is 0.571. The van der Waals surface area contributed by atoms with Gasteiger partial charge in [-0.3, -0.25) is 14.5 Å². The summed E-state index contributed by atoms with van der Waals surface area (Å²) < 4.78 is 30.6. The van der Waals surface area contributed by atoms with Gasteiger partial charge in [-0.05, 0) is 19.8 Å². The minimum atomic E-state index is -2.62. The molecule has 0 spiro atoms. The van der Waals surface area contributed by atoms with Crippen LogP contribution in [0.5, 0.6) is 0 Å². The number of carbonyl (C=O) groups excluding carboxylic acids is 2. The highest BCUT2D eigenvalue weighted by atomic mass is 19.3. The van der Waals surface area contributed by atoms with E-state index >= 15 is 0 Å². The van der Waals surface area contributed by atoms with Crippen LogP contribution in [0.25, 0.3) is 0 Å². The van der Waals surface area contributed by atoms with Gasteiger partial charge in [-0.25, -0.2) is 8.78 Å². The second kappa shape index (κ2) is 5.44. The number of allylic oxidation sites excluding steroid dienone is 1. The van der Waals surface area contributed by atoms with Crippen LogP contribution in [0.3, 0.4) is 0 Å². The fourth-order valence-electron chi connectivity index (χ4n) is 2.78. The number of carbonyl (C=O) groups is 2. The molecule has 0 N–H and O–H groups in total. The summed E-state index contributed by atoms with van der Waals surface area (Å²) in [4.78, 5) is 25.7. The second-order valence-corrected chi connectivity index (χ2v) is 5.30. The molecule has 0 aromatic rings. The molecule has 1 aliphatic carbocycles. The van der Waals surface area contributed by atoms with E-state index in [1.54, 1.807) is 6.08 Å². The predicted octanol–water partition coefficient (Wildman–Crippen LogP) is 2.06.